The molecule has 0 amide bonds. The molecule has 33 heavy (non-hydrogen) atoms. The zero-order valence-corrected chi connectivity index (χ0v) is 20.0. The molecule has 1 aliphatic rings. The number of fused-ring (bicyclic) bond motifs is 2. The predicted molar refractivity (Wildman–Crippen MR) is 134 cm³/mol. The van der Waals surface area contributed by atoms with Crippen molar-refractivity contribution in [3.8, 4) is 11.5 Å². The minimum absolute atomic E-state index is 0.0571. The van der Waals surface area contributed by atoms with E-state index in [9.17, 15) is 13.0 Å². The largest absolute Gasteiger partial charge is 0.457 e. The van der Waals surface area contributed by atoms with E-state index in [-0.39, 0.29) is 4.90 Å². The molecule has 0 atom stereocenters. The van der Waals surface area contributed by atoms with Crippen LogP contribution in [0.25, 0.3) is 0 Å². The third-order valence-corrected chi connectivity index (χ3v) is 9.61. The van der Waals surface area contributed by atoms with Crippen LogP contribution in [-0.2, 0) is 15.5 Å². The van der Waals surface area contributed by atoms with Crippen LogP contribution in [0.2, 0.25) is 0 Å². The Bertz CT molecular complexity index is 1390. The summed E-state index contributed by atoms with van der Waals surface area (Å²) in [7, 11) is -5.82. The second-order valence-corrected chi connectivity index (χ2v) is 12.0. The summed E-state index contributed by atoms with van der Waals surface area (Å²) in [4.78, 5) is -0.0571. The highest BCUT2D eigenvalue weighted by Crippen LogP contribution is 2.51. The van der Waals surface area contributed by atoms with Gasteiger partial charge in [0.05, 0.1) is 0 Å². The van der Waals surface area contributed by atoms with Gasteiger partial charge in [-0.05, 0) is 36.7 Å². The van der Waals surface area contributed by atoms with Crippen LogP contribution in [0, 0.1) is 0 Å². The average Bonchev–Trinajstić information content (AvgIpc) is 2.80. The minimum Gasteiger partial charge on any atom is -0.457 e. The molecule has 4 aromatic carbocycles. The van der Waals surface area contributed by atoms with Gasteiger partial charge >= 0.3 is 0 Å². The summed E-state index contributed by atoms with van der Waals surface area (Å²) in [5, 5.41) is 2.58. The average molecular weight is 475 g/mol. The molecule has 1 N–H and O–H groups in total. The number of hydrogen-bond acceptors (Lipinski definition) is 3. The third-order valence-electron chi connectivity index (χ3n) is 6.03. The van der Waals surface area contributed by atoms with Crippen molar-refractivity contribution in [1.29, 1.82) is 0 Å². The molecule has 5 rings (SSSR count). The summed E-state index contributed by atoms with van der Waals surface area (Å²) in [5.74, 6) is 1.14. The van der Waals surface area contributed by atoms with E-state index >= 15 is 0 Å². The van der Waals surface area contributed by atoms with E-state index in [2.05, 4.69) is 0 Å². The van der Waals surface area contributed by atoms with Crippen molar-refractivity contribution in [2.45, 2.75) is 24.2 Å². The fourth-order valence-corrected chi connectivity index (χ4v) is 8.47. The number of rotatable bonds is 4. The van der Waals surface area contributed by atoms with Gasteiger partial charge in [-0.15, -0.1) is 0 Å². The first-order valence-electron chi connectivity index (χ1n) is 10.6. The highest BCUT2D eigenvalue weighted by atomic mass is 32.2. The Balaban J connectivity index is 1.85. The fourth-order valence-electron chi connectivity index (χ4n) is 4.57. The quantitative estimate of drug-likeness (QED) is 0.329. The zero-order chi connectivity index (χ0) is 23.2. The van der Waals surface area contributed by atoms with Crippen LogP contribution in [0.4, 0.5) is 0 Å². The van der Waals surface area contributed by atoms with E-state index in [1.807, 2.05) is 105 Å². The van der Waals surface area contributed by atoms with Crippen LogP contribution in [0.15, 0.2) is 102 Å². The van der Waals surface area contributed by atoms with Crippen LogP contribution in [0.1, 0.15) is 25.0 Å². The van der Waals surface area contributed by atoms with Crippen LogP contribution < -0.4 is 20.7 Å². The molecular formula is C27H23O4PS. The summed E-state index contributed by atoms with van der Waals surface area (Å²) in [5.41, 5.74) is 0.670. The molecule has 0 spiro atoms. The first kappa shape index (κ1) is 21.8. The summed E-state index contributed by atoms with van der Waals surface area (Å²) >= 11 is 0. The third kappa shape index (κ3) is 3.76. The van der Waals surface area contributed by atoms with Crippen molar-refractivity contribution in [3.05, 3.63) is 108 Å². The smallest absolute Gasteiger partial charge is 0.295 e. The second-order valence-electron chi connectivity index (χ2n) is 8.49. The molecule has 0 radical (unpaired) electrons. The molecule has 0 aromatic heterocycles. The molecule has 1 heterocycles. The van der Waals surface area contributed by atoms with Gasteiger partial charge in [-0.2, -0.15) is 8.42 Å². The number of hydrogen-bond donors (Lipinski definition) is 1. The van der Waals surface area contributed by atoms with Gasteiger partial charge in [0.1, 0.15) is 16.4 Å². The molecule has 0 aliphatic carbocycles. The van der Waals surface area contributed by atoms with E-state index in [4.69, 9.17) is 4.74 Å². The molecule has 1 aliphatic heterocycles. The second kappa shape index (κ2) is 8.11. The Labute approximate surface area is 195 Å². The van der Waals surface area contributed by atoms with Crippen molar-refractivity contribution in [2.24, 2.45) is 0 Å². The lowest BCUT2D eigenvalue weighted by Gasteiger charge is -2.37. The van der Waals surface area contributed by atoms with E-state index in [1.165, 1.54) is 0 Å². The van der Waals surface area contributed by atoms with Gasteiger partial charge in [-0.25, -0.2) is 0 Å². The summed E-state index contributed by atoms with van der Waals surface area (Å²) in [6, 6.07) is 30.9. The molecule has 6 heteroatoms. The van der Waals surface area contributed by atoms with Crippen LogP contribution in [0.5, 0.6) is 11.5 Å². The molecule has 0 unspecified atom stereocenters. The van der Waals surface area contributed by atoms with Gasteiger partial charge in [0, 0.05) is 21.8 Å². The maximum atomic E-state index is 13.0. The van der Waals surface area contributed by atoms with E-state index in [0.717, 1.165) is 16.2 Å². The lowest BCUT2D eigenvalue weighted by Crippen LogP contribution is -2.32. The van der Waals surface area contributed by atoms with E-state index in [1.54, 1.807) is 6.07 Å². The minimum atomic E-state index is -4.57. The van der Waals surface area contributed by atoms with E-state index in [0.29, 0.717) is 22.4 Å². The summed E-state index contributed by atoms with van der Waals surface area (Å²) in [6.45, 7) is 3.94. The Morgan fingerprint density at radius 2 is 1.27 bits per heavy atom. The molecule has 0 saturated heterocycles. The van der Waals surface area contributed by atoms with Gasteiger partial charge in [-0.1, -0.05) is 92.7 Å². The highest BCUT2D eigenvalue weighted by molar-refractivity contribution is 7.88. The molecular weight excluding hydrogens is 451 g/mol. The van der Waals surface area contributed by atoms with Crippen molar-refractivity contribution in [1.82, 2.24) is 0 Å². The molecule has 166 valence electrons. The van der Waals surface area contributed by atoms with Crippen molar-refractivity contribution in [2.75, 3.05) is 0 Å². The molecule has 0 saturated carbocycles. The SMILES string of the molecule is CC1(C)c2ccccc2Oc2ccc(P(c3ccccc3)c3ccccc3)c(S(=O)(=O)O)c21. The van der Waals surface area contributed by atoms with Crippen molar-refractivity contribution in [3.63, 3.8) is 0 Å². The maximum Gasteiger partial charge on any atom is 0.295 e. The zero-order valence-electron chi connectivity index (χ0n) is 18.3. The lowest BCUT2D eigenvalue weighted by atomic mass is 9.76. The van der Waals surface area contributed by atoms with Gasteiger partial charge in [-0.3, -0.25) is 4.55 Å². The number of para-hydroxylation sites is 1. The molecule has 4 aromatic rings. The van der Waals surface area contributed by atoms with Crippen LogP contribution in [0.3, 0.4) is 0 Å². The Morgan fingerprint density at radius 3 is 1.85 bits per heavy atom. The van der Waals surface area contributed by atoms with Crippen LogP contribution >= 0.6 is 7.92 Å². The molecule has 0 bridgehead atoms. The first-order valence-corrected chi connectivity index (χ1v) is 13.4. The van der Waals surface area contributed by atoms with E-state index < -0.39 is 23.5 Å². The Hall–Kier alpha value is -2.98. The van der Waals surface area contributed by atoms with Gasteiger partial charge in [0.15, 0.2) is 0 Å². The highest BCUT2D eigenvalue weighted by Gasteiger charge is 2.41. The topological polar surface area (TPSA) is 63.6 Å². The van der Waals surface area contributed by atoms with Crippen LogP contribution in [-0.4, -0.2) is 13.0 Å². The maximum absolute atomic E-state index is 13.0. The monoisotopic (exact) mass is 474 g/mol. The summed E-state index contributed by atoms with van der Waals surface area (Å²) in [6.07, 6.45) is 0. The molecule has 0 fully saturated rings. The first-order chi connectivity index (χ1) is 15.8. The summed E-state index contributed by atoms with van der Waals surface area (Å²) < 4.78 is 42.7. The van der Waals surface area contributed by atoms with Crippen molar-refractivity contribution >= 4 is 34.0 Å². The number of benzene rings is 4. The predicted octanol–water partition coefficient (Wildman–Crippen LogP) is 5.12. The fraction of sp³-hybridized carbons (Fsp3) is 0.111. The van der Waals surface area contributed by atoms with Gasteiger partial charge in [0.25, 0.3) is 10.1 Å². The standard InChI is InChI=1S/C27H23O4PS/c1-27(2)21-15-9-10-16-22(21)31-23-17-18-24(26(25(23)27)33(28,29)30)32(19-11-5-3-6-12-19)20-13-7-4-8-14-20/h3-18H,1-2H3,(H,28,29,30). The lowest BCUT2D eigenvalue weighted by molar-refractivity contribution is 0.409. The normalized spacial score (nSPS) is 14.3. The Kier molecular flexibility index (Phi) is 5.37. The van der Waals surface area contributed by atoms with Gasteiger partial charge in [0.2, 0.25) is 0 Å². The molecule has 4 nitrogen and oxygen atoms in total. The Morgan fingerprint density at radius 1 is 0.727 bits per heavy atom. The van der Waals surface area contributed by atoms with Crippen molar-refractivity contribution < 1.29 is 17.7 Å². The number of ether oxygens (including phenoxy) is 1. The van der Waals surface area contributed by atoms with Gasteiger partial charge < -0.3 is 4.74 Å².